The normalized spacial score (nSPS) is 26.6. The van der Waals surface area contributed by atoms with Gasteiger partial charge in [-0.15, -0.1) is 0 Å². The monoisotopic (exact) mass is 560 g/mol. The molecule has 2 aromatic carbocycles. The van der Waals surface area contributed by atoms with Gasteiger partial charge in [0.05, 0.1) is 6.04 Å². The molecule has 4 aliphatic rings. The Hall–Kier alpha value is -2.78. The Morgan fingerprint density at radius 3 is 2.54 bits per heavy atom. The van der Waals surface area contributed by atoms with Crippen molar-refractivity contribution in [2.45, 2.75) is 89.2 Å². The van der Waals surface area contributed by atoms with E-state index in [0.717, 1.165) is 42.9 Å². The second-order valence-electron chi connectivity index (χ2n) is 12.3. The van der Waals surface area contributed by atoms with Gasteiger partial charge in [-0.2, -0.15) is 0 Å². The largest absolute Gasteiger partial charge is 0.492 e. The minimum absolute atomic E-state index is 0.245. The van der Waals surface area contributed by atoms with Crippen molar-refractivity contribution in [3.8, 4) is 5.75 Å². The minimum Gasteiger partial charge on any atom is -0.492 e. The maximum Gasteiger partial charge on any atom is 0.244 e. The Morgan fingerprint density at radius 2 is 1.78 bits per heavy atom. The standard InChI is InChI=1S/C33H44N4O4/c1-2-35-17-14-25(15-18-35)24-8-6-23(7-9-24)20-36-16-4-3-5-27(36)22-41-28-10-11-29-26(19-28)21-37(33(29)40)30-12-13-31(38)34-32(30)39/h6-11,19,25,27,30,33,40H,2-5,12-18,20-22H2,1H3,(H,34,38,39)/t27-,30?,33?/m1/s1. The van der Waals surface area contributed by atoms with Gasteiger partial charge in [0.15, 0.2) is 0 Å². The fourth-order valence-electron chi connectivity index (χ4n) is 7.16. The summed E-state index contributed by atoms with van der Waals surface area (Å²) in [7, 11) is 0. The van der Waals surface area contributed by atoms with Crippen molar-refractivity contribution < 1.29 is 19.4 Å². The first-order valence-electron chi connectivity index (χ1n) is 15.6. The lowest BCUT2D eigenvalue weighted by atomic mass is 9.89. The molecular weight excluding hydrogens is 516 g/mol. The van der Waals surface area contributed by atoms with E-state index in [1.165, 1.54) is 49.9 Å². The summed E-state index contributed by atoms with van der Waals surface area (Å²) in [6.07, 6.45) is 5.95. The van der Waals surface area contributed by atoms with Crippen molar-refractivity contribution in [3.05, 3.63) is 64.7 Å². The van der Waals surface area contributed by atoms with Gasteiger partial charge in [-0.1, -0.05) is 43.7 Å². The summed E-state index contributed by atoms with van der Waals surface area (Å²) in [6, 6.07) is 15.1. The molecule has 0 aromatic heterocycles. The van der Waals surface area contributed by atoms with Gasteiger partial charge < -0.3 is 14.7 Å². The van der Waals surface area contributed by atoms with Crippen LogP contribution in [-0.4, -0.2) is 76.5 Å². The Bertz CT molecular complexity index is 1230. The smallest absolute Gasteiger partial charge is 0.244 e. The van der Waals surface area contributed by atoms with E-state index < -0.39 is 12.3 Å². The Labute approximate surface area is 243 Å². The molecule has 2 aromatic rings. The van der Waals surface area contributed by atoms with E-state index in [4.69, 9.17) is 4.74 Å². The minimum atomic E-state index is -0.854. The number of hydrogen-bond donors (Lipinski definition) is 2. The van der Waals surface area contributed by atoms with Crippen LogP contribution in [0.25, 0.3) is 0 Å². The molecule has 2 amide bonds. The van der Waals surface area contributed by atoms with Crippen molar-refractivity contribution >= 4 is 11.8 Å². The number of imide groups is 1. The second kappa shape index (κ2) is 12.6. The number of hydrogen-bond acceptors (Lipinski definition) is 7. The molecule has 8 heteroatoms. The first-order valence-corrected chi connectivity index (χ1v) is 15.6. The number of ether oxygens (including phenoxy) is 1. The fourth-order valence-corrected chi connectivity index (χ4v) is 7.16. The summed E-state index contributed by atoms with van der Waals surface area (Å²) in [4.78, 5) is 30.8. The molecule has 0 radical (unpaired) electrons. The number of nitrogens with zero attached hydrogens (tertiary/aromatic N) is 3. The van der Waals surface area contributed by atoms with E-state index >= 15 is 0 Å². The third-order valence-electron chi connectivity index (χ3n) is 9.73. The van der Waals surface area contributed by atoms with Crippen LogP contribution in [0.15, 0.2) is 42.5 Å². The summed E-state index contributed by atoms with van der Waals surface area (Å²) in [5.41, 5.74) is 4.63. The van der Waals surface area contributed by atoms with Gasteiger partial charge in [0.1, 0.15) is 18.6 Å². The number of aliphatic hydroxyl groups excluding tert-OH is 1. The molecule has 41 heavy (non-hydrogen) atoms. The highest BCUT2D eigenvalue weighted by Crippen LogP contribution is 2.37. The quantitative estimate of drug-likeness (QED) is 0.474. The molecule has 0 bridgehead atoms. The summed E-state index contributed by atoms with van der Waals surface area (Å²) in [6.45, 7) is 8.95. The molecular formula is C33H44N4O4. The number of carbonyl (C=O) groups is 2. The lowest BCUT2D eigenvalue weighted by Crippen LogP contribution is -2.51. The van der Waals surface area contributed by atoms with Crippen LogP contribution in [0.1, 0.15) is 86.3 Å². The molecule has 0 saturated carbocycles. The number of fused-ring (bicyclic) bond motifs is 1. The first kappa shape index (κ1) is 28.3. The summed E-state index contributed by atoms with van der Waals surface area (Å²) in [5, 5.41) is 13.3. The highest BCUT2D eigenvalue weighted by Gasteiger charge is 2.39. The van der Waals surface area contributed by atoms with E-state index in [-0.39, 0.29) is 11.8 Å². The lowest BCUT2D eigenvalue weighted by Gasteiger charge is -2.35. The molecule has 4 heterocycles. The number of nitrogens with one attached hydrogen (secondary N) is 1. The number of rotatable bonds is 8. The molecule has 0 spiro atoms. The molecule has 2 unspecified atom stereocenters. The summed E-state index contributed by atoms with van der Waals surface area (Å²) in [5.74, 6) is 0.913. The number of carbonyl (C=O) groups excluding carboxylic acids is 2. The van der Waals surface area contributed by atoms with Crippen LogP contribution in [0.5, 0.6) is 5.75 Å². The Kier molecular flexibility index (Phi) is 8.72. The SMILES string of the molecule is CCN1CCC(c2ccc(CN3CCCC[C@@H]3COc3ccc4c(c3)CN(C3CCC(=O)NC3=O)C4O)cc2)CC1. The number of piperidine rings is 3. The number of aliphatic hydroxyl groups is 1. The van der Waals surface area contributed by atoms with E-state index in [1.807, 2.05) is 18.2 Å². The first-order chi connectivity index (χ1) is 20.0. The zero-order chi connectivity index (χ0) is 28.3. The second-order valence-corrected chi connectivity index (χ2v) is 12.3. The molecule has 8 nitrogen and oxygen atoms in total. The van der Waals surface area contributed by atoms with Crippen LogP contribution >= 0.6 is 0 Å². The Balaban J connectivity index is 1.04. The number of benzene rings is 2. The molecule has 3 saturated heterocycles. The molecule has 3 atom stereocenters. The topological polar surface area (TPSA) is 85.4 Å². The van der Waals surface area contributed by atoms with Crippen molar-refractivity contribution in [2.24, 2.45) is 0 Å². The van der Waals surface area contributed by atoms with Crippen LogP contribution < -0.4 is 10.1 Å². The average Bonchev–Trinajstić information content (AvgIpc) is 3.32. The molecule has 2 N–H and O–H groups in total. The highest BCUT2D eigenvalue weighted by atomic mass is 16.5. The van der Waals surface area contributed by atoms with E-state index in [9.17, 15) is 14.7 Å². The van der Waals surface area contributed by atoms with Gasteiger partial charge in [0.25, 0.3) is 0 Å². The zero-order valence-electron chi connectivity index (χ0n) is 24.3. The van der Waals surface area contributed by atoms with E-state index in [1.54, 1.807) is 4.90 Å². The summed E-state index contributed by atoms with van der Waals surface area (Å²) < 4.78 is 6.34. The van der Waals surface area contributed by atoms with E-state index in [0.29, 0.717) is 38.0 Å². The third kappa shape index (κ3) is 6.36. The van der Waals surface area contributed by atoms with Crippen molar-refractivity contribution in [2.75, 3.05) is 32.8 Å². The lowest BCUT2D eigenvalue weighted by molar-refractivity contribution is -0.141. The van der Waals surface area contributed by atoms with Crippen LogP contribution in [0.4, 0.5) is 0 Å². The maximum atomic E-state index is 12.4. The zero-order valence-corrected chi connectivity index (χ0v) is 24.3. The predicted octanol–water partition coefficient (Wildman–Crippen LogP) is 3.93. The third-order valence-corrected chi connectivity index (χ3v) is 9.73. The molecule has 6 rings (SSSR count). The molecule has 220 valence electrons. The van der Waals surface area contributed by atoms with Crippen LogP contribution in [0.3, 0.4) is 0 Å². The van der Waals surface area contributed by atoms with Crippen LogP contribution in [-0.2, 0) is 22.7 Å². The maximum absolute atomic E-state index is 12.4. The van der Waals surface area contributed by atoms with Crippen LogP contribution in [0.2, 0.25) is 0 Å². The van der Waals surface area contributed by atoms with Gasteiger partial charge in [-0.3, -0.25) is 24.7 Å². The summed E-state index contributed by atoms with van der Waals surface area (Å²) >= 11 is 0. The fraction of sp³-hybridized carbons (Fsp3) is 0.576. The predicted molar refractivity (Wildman–Crippen MR) is 157 cm³/mol. The number of likely N-dealkylation sites (tertiary alicyclic amines) is 2. The van der Waals surface area contributed by atoms with Gasteiger partial charge in [0.2, 0.25) is 11.8 Å². The van der Waals surface area contributed by atoms with Gasteiger partial charge in [-0.25, -0.2) is 0 Å². The van der Waals surface area contributed by atoms with Gasteiger partial charge >= 0.3 is 0 Å². The van der Waals surface area contributed by atoms with Crippen LogP contribution in [0, 0.1) is 0 Å². The van der Waals surface area contributed by atoms with Gasteiger partial charge in [-0.05, 0) is 93.0 Å². The van der Waals surface area contributed by atoms with Crippen molar-refractivity contribution in [1.29, 1.82) is 0 Å². The molecule has 4 aliphatic heterocycles. The highest BCUT2D eigenvalue weighted by molar-refractivity contribution is 6.00. The van der Waals surface area contributed by atoms with E-state index in [2.05, 4.69) is 46.3 Å². The van der Waals surface area contributed by atoms with Gasteiger partial charge in [0, 0.05) is 31.1 Å². The van der Waals surface area contributed by atoms with Crippen molar-refractivity contribution in [3.63, 3.8) is 0 Å². The Morgan fingerprint density at radius 1 is 0.976 bits per heavy atom. The average molecular weight is 561 g/mol. The molecule has 0 aliphatic carbocycles. The van der Waals surface area contributed by atoms with Crippen molar-refractivity contribution in [1.82, 2.24) is 20.0 Å². The molecule has 3 fully saturated rings. The number of amides is 2.